The summed E-state index contributed by atoms with van der Waals surface area (Å²) in [6.07, 6.45) is 4.07. The number of nitrogens with zero attached hydrogens (tertiary/aromatic N) is 3. The summed E-state index contributed by atoms with van der Waals surface area (Å²) in [6.45, 7) is 1.66. The van der Waals surface area contributed by atoms with Crippen LogP contribution in [0.3, 0.4) is 0 Å². The van der Waals surface area contributed by atoms with Crippen LogP contribution in [0.1, 0.15) is 30.2 Å². The normalized spacial score (nSPS) is 27.1. The fraction of sp³-hybridized carbons (Fsp3) is 0.318. The van der Waals surface area contributed by atoms with Crippen LogP contribution in [0.25, 0.3) is 10.9 Å². The maximum atomic E-state index is 15.0. The van der Waals surface area contributed by atoms with E-state index in [1.807, 2.05) is 0 Å². The molecule has 0 amide bonds. The lowest BCUT2D eigenvalue weighted by atomic mass is 9.84. The summed E-state index contributed by atoms with van der Waals surface area (Å²) in [7, 11) is 0. The Morgan fingerprint density at radius 3 is 2.87 bits per heavy atom. The average Bonchev–Trinajstić information content (AvgIpc) is 3.46. The van der Waals surface area contributed by atoms with E-state index in [0.717, 1.165) is 5.39 Å². The molecule has 2 aromatic heterocycles. The molecule has 1 aromatic carbocycles. The SMILES string of the molecule is C[C@]1(c2cc(Cc3nccc4cc(Cl)cnc34)cc(F)c2F)N=C(N)S[C@@]2(CO)C[C@H]21. The molecule has 1 aliphatic heterocycles. The minimum Gasteiger partial charge on any atom is -0.395 e. The van der Waals surface area contributed by atoms with Gasteiger partial charge in [-0.1, -0.05) is 23.4 Å². The Morgan fingerprint density at radius 2 is 2.10 bits per heavy atom. The van der Waals surface area contributed by atoms with Gasteiger partial charge in [-0.15, -0.1) is 0 Å². The summed E-state index contributed by atoms with van der Waals surface area (Å²) >= 11 is 7.34. The highest BCUT2D eigenvalue weighted by atomic mass is 35.5. The van der Waals surface area contributed by atoms with Crippen molar-refractivity contribution >= 4 is 39.4 Å². The van der Waals surface area contributed by atoms with E-state index in [1.165, 1.54) is 24.0 Å². The first-order chi connectivity index (χ1) is 14.8. The van der Waals surface area contributed by atoms with Gasteiger partial charge in [0.1, 0.15) is 0 Å². The summed E-state index contributed by atoms with van der Waals surface area (Å²) in [5.74, 6) is -2.03. The van der Waals surface area contributed by atoms with Crippen molar-refractivity contribution in [2.75, 3.05) is 6.61 Å². The molecular weight excluding hydrogens is 442 g/mol. The lowest BCUT2D eigenvalue weighted by molar-refractivity contribution is 0.264. The lowest BCUT2D eigenvalue weighted by Crippen LogP contribution is -2.37. The van der Waals surface area contributed by atoms with Gasteiger partial charge in [0, 0.05) is 35.7 Å². The van der Waals surface area contributed by atoms with Crippen molar-refractivity contribution in [2.45, 2.75) is 30.1 Å². The molecule has 0 bridgehead atoms. The number of rotatable bonds is 4. The Hall–Kier alpha value is -2.29. The van der Waals surface area contributed by atoms with Gasteiger partial charge in [-0.2, -0.15) is 0 Å². The van der Waals surface area contributed by atoms with Gasteiger partial charge in [0.25, 0.3) is 0 Å². The van der Waals surface area contributed by atoms with Gasteiger partial charge in [0.15, 0.2) is 16.8 Å². The molecule has 3 atom stereocenters. The van der Waals surface area contributed by atoms with Gasteiger partial charge >= 0.3 is 0 Å². The Labute approximate surface area is 186 Å². The van der Waals surface area contributed by atoms with Crippen LogP contribution < -0.4 is 5.73 Å². The van der Waals surface area contributed by atoms with Crippen molar-refractivity contribution in [2.24, 2.45) is 16.6 Å². The van der Waals surface area contributed by atoms with Crippen LogP contribution in [0.15, 0.2) is 41.7 Å². The molecule has 9 heteroatoms. The molecule has 5 rings (SSSR count). The average molecular weight is 461 g/mol. The van der Waals surface area contributed by atoms with E-state index in [-0.39, 0.29) is 29.7 Å². The van der Waals surface area contributed by atoms with Crippen molar-refractivity contribution in [1.82, 2.24) is 9.97 Å². The molecule has 2 aliphatic rings. The Morgan fingerprint density at radius 1 is 1.29 bits per heavy atom. The number of nitrogens with two attached hydrogens (primary N) is 1. The predicted octanol–water partition coefficient (Wildman–Crippen LogP) is 4.18. The van der Waals surface area contributed by atoms with Crippen molar-refractivity contribution in [3.63, 3.8) is 0 Å². The number of thioether (sulfide) groups is 1. The van der Waals surface area contributed by atoms with Gasteiger partial charge in [-0.3, -0.25) is 15.0 Å². The van der Waals surface area contributed by atoms with Crippen LogP contribution in [-0.4, -0.2) is 31.6 Å². The minimum absolute atomic E-state index is 0.0912. The first kappa shape index (κ1) is 20.6. The number of pyridine rings is 2. The molecule has 3 N–H and O–H groups in total. The second-order valence-corrected chi connectivity index (χ2v) is 10.1. The third-order valence-corrected chi connectivity index (χ3v) is 7.76. The summed E-state index contributed by atoms with van der Waals surface area (Å²) in [5, 5.41) is 11.5. The van der Waals surface area contributed by atoms with Crippen LogP contribution in [0.2, 0.25) is 5.02 Å². The van der Waals surface area contributed by atoms with Gasteiger partial charge in [0.2, 0.25) is 0 Å². The molecule has 1 saturated carbocycles. The van der Waals surface area contributed by atoms with Gasteiger partial charge in [0.05, 0.1) is 33.1 Å². The molecule has 1 aliphatic carbocycles. The smallest absolute Gasteiger partial charge is 0.164 e. The number of amidine groups is 1. The van der Waals surface area contributed by atoms with Crippen LogP contribution in [0, 0.1) is 17.6 Å². The standard InChI is InChI=1S/C22H19ClF2N4OS/c1-21(17-8-22(17,10-30)31-20(26)29-21)14-4-11(5-15(24)18(14)25)6-16-19-12(2-3-27-16)7-13(23)9-28-19/h2-5,7,9,17,30H,6,8,10H2,1H3,(H2,26,29)/t17-,21+,22+/m0/s1. The molecule has 3 aromatic rings. The quantitative estimate of drug-likeness (QED) is 0.610. The monoisotopic (exact) mass is 460 g/mol. The second-order valence-electron chi connectivity index (χ2n) is 8.28. The lowest BCUT2D eigenvalue weighted by Gasteiger charge is -2.34. The van der Waals surface area contributed by atoms with E-state index in [4.69, 9.17) is 17.3 Å². The van der Waals surface area contributed by atoms with Crippen molar-refractivity contribution in [3.8, 4) is 0 Å². The van der Waals surface area contributed by atoms with Crippen LogP contribution in [-0.2, 0) is 12.0 Å². The first-order valence-electron chi connectivity index (χ1n) is 9.78. The second kappa shape index (κ2) is 7.12. The number of benzene rings is 1. The van der Waals surface area contributed by atoms with Crippen molar-refractivity contribution in [3.05, 3.63) is 70.1 Å². The molecular formula is C22H19ClF2N4OS. The largest absolute Gasteiger partial charge is 0.395 e. The van der Waals surface area contributed by atoms with E-state index in [9.17, 15) is 13.9 Å². The maximum absolute atomic E-state index is 15.0. The number of hydrogen-bond donors (Lipinski definition) is 2. The number of aliphatic imine (C=N–C) groups is 1. The fourth-order valence-electron chi connectivity index (χ4n) is 4.63. The van der Waals surface area contributed by atoms with Crippen molar-refractivity contribution in [1.29, 1.82) is 0 Å². The number of aromatic nitrogens is 2. The molecule has 31 heavy (non-hydrogen) atoms. The third-order valence-electron chi connectivity index (χ3n) is 6.27. The minimum atomic E-state index is -1.06. The number of halogens is 3. The zero-order valence-corrected chi connectivity index (χ0v) is 18.1. The number of hydrogen-bond acceptors (Lipinski definition) is 6. The maximum Gasteiger partial charge on any atom is 0.164 e. The van der Waals surface area contributed by atoms with E-state index < -0.39 is 21.9 Å². The number of aliphatic hydroxyl groups excluding tert-OH is 1. The zero-order valence-electron chi connectivity index (χ0n) is 16.6. The first-order valence-corrected chi connectivity index (χ1v) is 11.0. The van der Waals surface area contributed by atoms with Gasteiger partial charge < -0.3 is 10.8 Å². The van der Waals surface area contributed by atoms with Crippen LogP contribution in [0.4, 0.5) is 8.78 Å². The van der Waals surface area contributed by atoms with E-state index in [2.05, 4.69) is 15.0 Å². The van der Waals surface area contributed by atoms with Gasteiger partial charge in [-0.25, -0.2) is 8.78 Å². The zero-order chi connectivity index (χ0) is 22.0. The highest BCUT2D eigenvalue weighted by Crippen LogP contribution is 2.65. The van der Waals surface area contributed by atoms with Gasteiger partial charge in [-0.05, 0) is 43.2 Å². The third kappa shape index (κ3) is 3.28. The Kier molecular flexibility index (Phi) is 4.73. The molecule has 1 fully saturated rings. The van der Waals surface area contributed by atoms with E-state index in [1.54, 1.807) is 31.3 Å². The molecule has 160 valence electrons. The van der Waals surface area contributed by atoms with E-state index >= 15 is 0 Å². The highest BCUT2D eigenvalue weighted by molar-refractivity contribution is 8.15. The summed E-state index contributed by atoms with van der Waals surface area (Å²) in [6, 6.07) is 6.39. The molecule has 0 unspecified atom stereocenters. The van der Waals surface area contributed by atoms with Crippen LogP contribution >= 0.6 is 23.4 Å². The predicted molar refractivity (Wildman–Crippen MR) is 118 cm³/mol. The molecule has 5 nitrogen and oxygen atoms in total. The van der Waals surface area contributed by atoms with Crippen molar-refractivity contribution < 1.29 is 13.9 Å². The number of fused-ring (bicyclic) bond motifs is 2. The molecule has 0 radical (unpaired) electrons. The van der Waals surface area contributed by atoms with Crippen LogP contribution in [0.5, 0.6) is 0 Å². The molecule has 3 heterocycles. The summed E-state index contributed by atoms with van der Waals surface area (Å²) in [4.78, 5) is 13.3. The summed E-state index contributed by atoms with van der Waals surface area (Å²) in [5.41, 5.74) is 6.93. The number of aliphatic hydroxyl groups is 1. The fourth-order valence-corrected chi connectivity index (χ4v) is 6.14. The Bertz CT molecular complexity index is 1260. The topological polar surface area (TPSA) is 84.4 Å². The van der Waals surface area contributed by atoms with E-state index in [0.29, 0.717) is 28.2 Å². The molecule has 0 spiro atoms. The Balaban J connectivity index is 1.59. The molecule has 0 saturated heterocycles. The summed E-state index contributed by atoms with van der Waals surface area (Å²) < 4.78 is 29.2. The highest BCUT2D eigenvalue weighted by Gasteiger charge is 2.66.